The molecule has 0 saturated heterocycles. The molecule has 0 spiro atoms. The molecule has 0 aromatic heterocycles. The molecule has 0 radical (unpaired) electrons. The zero-order valence-electron chi connectivity index (χ0n) is 15.8. The van der Waals surface area contributed by atoms with E-state index >= 15 is 0 Å². The average Bonchev–Trinajstić information content (AvgIpc) is 2.47. The Labute approximate surface area is 149 Å². The smallest absolute Gasteiger partial charge is 0.408 e. The van der Waals surface area contributed by atoms with E-state index in [-0.39, 0.29) is 37.4 Å². The van der Waals surface area contributed by atoms with Crippen molar-refractivity contribution in [2.45, 2.75) is 52.7 Å². The van der Waals surface area contributed by atoms with E-state index in [0.29, 0.717) is 6.42 Å². The van der Waals surface area contributed by atoms with Crippen molar-refractivity contribution in [2.24, 2.45) is 21.8 Å². The highest BCUT2D eigenvalue weighted by Gasteiger charge is 2.23. The molecule has 0 aliphatic heterocycles. The van der Waals surface area contributed by atoms with Gasteiger partial charge in [-0.2, -0.15) is 0 Å². The number of aliphatic imine (C=N–C) groups is 1. The number of hydrogen-bond acceptors (Lipinski definition) is 6. The number of nitrogens with one attached hydrogen (secondary N) is 2. The van der Waals surface area contributed by atoms with Gasteiger partial charge < -0.3 is 25.9 Å². The number of nitrogens with zero attached hydrogens (tertiary/aromatic N) is 2. The molecule has 0 fully saturated rings. The van der Waals surface area contributed by atoms with E-state index in [1.807, 2.05) is 13.8 Å². The van der Waals surface area contributed by atoms with Gasteiger partial charge in [0.2, 0.25) is 5.91 Å². The number of hydrogen-bond donors (Lipinski definition) is 3. The standard InChI is InChI=1S/C16H31N5O4/c1-11(2)9-12(20-15(23)25-16(3,4)5)14(18-6)21-24-8-7-19-13(22)10-17/h11-12H,6-10,17H2,1-5H3,(H,19,22)(H,20,23)/b21-14-/t12-/m0/s1. The first kappa shape index (κ1) is 22.8. The summed E-state index contributed by atoms with van der Waals surface area (Å²) < 4.78 is 5.26. The van der Waals surface area contributed by atoms with Crippen LogP contribution in [0.1, 0.15) is 41.0 Å². The van der Waals surface area contributed by atoms with Crippen LogP contribution in [0.25, 0.3) is 0 Å². The van der Waals surface area contributed by atoms with Crippen molar-refractivity contribution in [3.8, 4) is 0 Å². The van der Waals surface area contributed by atoms with E-state index in [2.05, 4.69) is 27.5 Å². The molecule has 2 amide bonds. The lowest BCUT2D eigenvalue weighted by molar-refractivity contribution is -0.119. The summed E-state index contributed by atoms with van der Waals surface area (Å²) >= 11 is 0. The van der Waals surface area contributed by atoms with Crippen LogP contribution in [0, 0.1) is 5.92 Å². The van der Waals surface area contributed by atoms with Crippen LogP contribution in [-0.4, -0.2) is 55.9 Å². The third-order valence-corrected chi connectivity index (χ3v) is 2.73. The largest absolute Gasteiger partial charge is 0.444 e. The number of carbonyl (C=O) groups is 2. The fourth-order valence-corrected chi connectivity index (χ4v) is 1.77. The highest BCUT2D eigenvalue weighted by Crippen LogP contribution is 2.11. The van der Waals surface area contributed by atoms with Crippen LogP contribution in [0.5, 0.6) is 0 Å². The molecule has 0 heterocycles. The van der Waals surface area contributed by atoms with Gasteiger partial charge in [-0.3, -0.25) is 4.79 Å². The van der Waals surface area contributed by atoms with Crippen molar-refractivity contribution >= 4 is 24.6 Å². The van der Waals surface area contributed by atoms with Crippen LogP contribution in [0.15, 0.2) is 10.1 Å². The van der Waals surface area contributed by atoms with E-state index < -0.39 is 17.7 Å². The number of ether oxygens (including phenoxy) is 1. The molecule has 25 heavy (non-hydrogen) atoms. The highest BCUT2D eigenvalue weighted by atomic mass is 16.6. The van der Waals surface area contributed by atoms with Crippen molar-refractivity contribution in [3.63, 3.8) is 0 Å². The van der Waals surface area contributed by atoms with Gasteiger partial charge in [0.15, 0.2) is 5.84 Å². The molecule has 0 bridgehead atoms. The third kappa shape index (κ3) is 11.9. The normalized spacial score (nSPS) is 13.2. The number of amidine groups is 1. The summed E-state index contributed by atoms with van der Waals surface area (Å²) in [7, 11) is 0. The van der Waals surface area contributed by atoms with E-state index in [9.17, 15) is 9.59 Å². The second kappa shape index (κ2) is 11.4. The molecule has 0 aromatic rings. The number of alkyl carbamates (subject to hydrolysis) is 1. The van der Waals surface area contributed by atoms with Gasteiger partial charge in [0.1, 0.15) is 12.2 Å². The zero-order valence-corrected chi connectivity index (χ0v) is 15.8. The fraction of sp³-hybridized carbons (Fsp3) is 0.750. The lowest BCUT2D eigenvalue weighted by atomic mass is 10.0. The molecule has 0 aromatic carbocycles. The Morgan fingerprint density at radius 1 is 1.28 bits per heavy atom. The molecule has 9 heteroatoms. The van der Waals surface area contributed by atoms with Crippen molar-refractivity contribution < 1.29 is 19.2 Å². The van der Waals surface area contributed by atoms with Crippen LogP contribution in [-0.2, 0) is 14.4 Å². The second-order valence-corrected chi connectivity index (χ2v) is 6.82. The van der Waals surface area contributed by atoms with Crippen LogP contribution < -0.4 is 16.4 Å². The number of carbonyl (C=O) groups excluding carboxylic acids is 2. The lowest BCUT2D eigenvalue weighted by Crippen LogP contribution is -2.43. The van der Waals surface area contributed by atoms with E-state index in [4.69, 9.17) is 15.3 Å². The number of oxime groups is 1. The molecule has 9 nitrogen and oxygen atoms in total. The van der Waals surface area contributed by atoms with Gasteiger partial charge in [-0.1, -0.05) is 19.0 Å². The van der Waals surface area contributed by atoms with E-state index in [0.717, 1.165) is 0 Å². The number of amides is 2. The Hall–Kier alpha value is -2.16. The lowest BCUT2D eigenvalue weighted by Gasteiger charge is -2.24. The van der Waals surface area contributed by atoms with Gasteiger partial charge in [-0.25, -0.2) is 9.79 Å². The topological polar surface area (TPSA) is 127 Å². The van der Waals surface area contributed by atoms with Gasteiger partial charge in [-0.15, -0.1) is 0 Å². The van der Waals surface area contributed by atoms with Crippen LogP contribution in [0.4, 0.5) is 4.79 Å². The Balaban J connectivity index is 4.77. The maximum absolute atomic E-state index is 12.0. The summed E-state index contributed by atoms with van der Waals surface area (Å²) in [6.45, 7) is 13.2. The Bertz CT molecular complexity index is 472. The predicted octanol–water partition coefficient (Wildman–Crippen LogP) is 1.03. The summed E-state index contributed by atoms with van der Waals surface area (Å²) in [5, 5.41) is 9.18. The molecule has 1 atom stereocenters. The zero-order chi connectivity index (χ0) is 19.5. The summed E-state index contributed by atoms with van der Waals surface area (Å²) in [5.74, 6) is 0.236. The maximum Gasteiger partial charge on any atom is 0.408 e. The van der Waals surface area contributed by atoms with Gasteiger partial charge in [0.05, 0.1) is 19.1 Å². The first-order valence-corrected chi connectivity index (χ1v) is 8.22. The minimum atomic E-state index is -0.608. The van der Waals surface area contributed by atoms with Gasteiger partial charge in [0, 0.05) is 0 Å². The maximum atomic E-state index is 12.0. The fourth-order valence-electron chi connectivity index (χ4n) is 1.77. The van der Waals surface area contributed by atoms with Crippen LogP contribution in [0.3, 0.4) is 0 Å². The summed E-state index contributed by atoms with van der Waals surface area (Å²) in [6.07, 6.45) is 0.0226. The first-order chi connectivity index (χ1) is 11.6. The second-order valence-electron chi connectivity index (χ2n) is 6.82. The molecule has 144 valence electrons. The van der Waals surface area contributed by atoms with E-state index in [1.165, 1.54) is 0 Å². The Morgan fingerprint density at radius 2 is 1.92 bits per heavy atom. The number of rotatable bonds is 9. The molecule has 0 saturated carbocycles. The van der Waals surface area contributed by atoms with Crippen molar-refractivity contribution in [1.82, 2.24) is 10.6 Å². The molecule has 4 N–H and O–H groups in total. The average molecular weight is 357 g/mol. The van der Waals surface area contributed by atoms with Crippen LogP contribution >= 0.6 is 0 Å². The Kier molecular flexibility index (Phi) is 10.4. The predicted molar refractivity (Wildman–Crippen MR) is 97.6 cm³/mol. The van der Waals surface area contributed by atoms with Crippen molar-refractivity contribution in [1.29, 1.82) is 0 Å². The summed E-state index contributed by atoms with van der Waals surface area (Å²) in [4.78, 5) is 32.0. The molecule has 0 unspecified atom stereocenters. The first-order valence-electron chi connectivity index (χ1n) is 8.22. The third-order valence-electron chi connectivity index (χ3n) is 2.73. The van der Waals surface area contributed by atoms with E-state index in [1.54, 1.807) is 20.8 Å². The number of nitrogens with two attached hydrogens (primary N) is 1. The van der Waals surface area contributed by atoms with Gasteiger partial charge in [0.25, 0.3) is 0 Å². The summed E-state index contributed by atoms with van der Waals surface area (Å²) in [6, 6.07) is -0.494. The molecular formula is C16H31N5O4. The van der Waals surface area contributed by atoms with Crippen LogP contribution in [0.2, 0.25) is 0 Å². The SMILES string of the molecule is C=N/C(=N\OCCNC(=O)CN)[C@H](CC(C)C)NC(=O)OC(C)(C)C. The molecular weight excluding hydrogens is 326 g/mol. The highest BCUT2D eigenvalue weighted by molar-refractivity contribution is 5.92. The minimum Gasteiger partial charge on any atom is -0.444 e. The molecule has 0 rings (SSSR count). The molecule has 0 aliphatic carbocycles. The quantitative estimate of drug-likeness (QED) is 0.246. The van der Waals surface area contributed by atoms with Gasteiger partial charge in [-0.05, 0) is 39.8 Å². The van der Waals surface area contributed by atoms with Crippen molar-refractivity contribution in [2.75, 3.05) is 19.7 Å². The minimum absolute atomic E-state index is 0.0843. The Morgan fingerprint density at radius 3 is 2.40 bits per heavy atom. The summed E-state index contributed by atoms with van der Waals surface area (Å²) in [5.41, 5.74) is 4.57. The van der Waals surface area contributed by atoms with Gasteiger partial charge >= 0.3 is 6.09 Å². The molecule has 0 aliphatic rings. The monoisotopic (exact) mass is 357 g/mol. The van der Waals surface area contributed by atoms with Crippen molar-refractivity contribution in [3.05, 3.63) is 0 Å².